The van der Waals surface area contributed by atoms with Crippen molar-refractivity contribution in [3.05, 3.63) is 38.9 Å². The Hall–Kier alpha value is -2.68. The summed E-state index contributed by atoms with van der Waals surface area (Å²) < 4.78 is 4.82. The smallest absolute Gasteiger partial charge is 0.325 e. The number of benzene rings is 1. The van der Waals surface area contributed by atoms with Gasteiger partial charge in [0.2, 0.25) is 0 Å². The van der Waals surface area contributed by atoms with Gasteiger partial charge >= 0.3 is 5.97 Å². The molecule has 2 N–H and O–H groups in total. The molecule has 9 nitrogen and oxygen atoms in total. The first kappa shape index (κ1) is 20.6. The van der Waals surface area contributed by atoms with Crippen molar-refractivity contribution >= 4 is 35.1 Å². The quantitative estimate of drug-likeness (QED) is 0.411. The van der Waals surface area contributed by atoms with E-state index in [-0.39, 0.29) is 22.5 Å². The molecule has 10 heteroatoms. The van der Waals surface area contributed by atoms with Gasteiger partial charge in [0.15, 0.2) is 6.61 Å². The summed E-state index contributed by atoms with van der Waals surface area (Å²) in [4.78, 5) is 45.5. The van der Waals surface area contributed by atoms with E-state index in [1.165, 1.54) is 12.1 Å². The highest BCUT2D eigenvalue weighted by Gasteiger charge is 2.18. The highest BCUT2D eigenvalue weighted by molar-refractivity contribution is 6.32. The number of amides is 2. The summed E-state index contributed by atoms with van der Waals surface area (Å²) in [6, 6.07) is 3.65. The van der Waals surface area contributed by atoms with Crippen LogP contribution in [0, 0.1) is 10.1 Å². The number of hydrogen-bond acceptors (Lipinski definition) is 6. The molecule has 0 spiro atoms. The van der Waals surface area contributed by atoms with Crippen LogP contribution < -0.4 is 10.6 Å². The summed E-state index contributed by atoms with van der Waals surface area (Å²) in [5, 5.41) is 15.8. The zero-order valence-electron chi connectivity index (χ0n) is 14.5. The summed E-state index contributed by atoms with van der Waals surface area (Å²) in [7, 11) is 0. The van der Waals surface area contributed by atoms with Crippen LogP contribution in [0.25, 0.3) is 0 Å². The minimum atomic E-state index is -0.786. The van der Waals surface area contributed by atoms with Crippen molar-refractivity contribution < 1.29 is 24.0 Å². The molecule has 1 aromatic carbocycles. The van der Waals surface area contributed by atoms with Gasteiger partial charge in [-0.2, -0.15) is 0 Å². The SMILES string of the molecule is O=C(COC(=O)CNC(=O)c1ccc(Cl)c([N+](=O)[O-])c1)NC1CCCCC1. The van der Waals surface area contributed by atoms with Gasteiger partial charge in [-0.05, 0) is 25.0 Å². The maximum Gasteiger partial charge on any atom is 0.325 e. The van der Waals surface area contributed by atoms with Crippen molar-refractivity contribution in [2.45, 2.75) is 38.1 Å². The number of halogens is 1. The van der Waals surface area contributed by atoms with Crippen LogP contribution >= 0.6 is 11.6 Å². The number of hydrogen-bond donors (Lipinski definition) is 2. The Morgan fingerprint density at radius 3 is 2.59 bits per heavy atom. The molecular formula is C17H20ClN3O6. The second kappa shape index (κ2) is 9.86. The van der Waals surface area contributed by atoms with E-state index in [2.05, 4.69) is 10.6 Å². The topological polar surface area (TPSA) is 128 Å². The summed E-state index contributed by atoms with van der Waals surface area (Å²) in [6.07, 6.45) is 5.14. The molecule has 2 rings (SSSR count). The third kappa shape index (κ3) is 6.52. The number of nitrogens with zero attached hydrogens (tertiary/aromatic N) is 1. The third-order valence-corrected chi connectivity index (χ3v) is 4.45. The minimum Gasteiger partial charge on any atom is -0.454 e. The van der Waals surface area contributed by atoms with Gasteiger partial charge in [-0.15, -0.1) is 0 Å². The molecule has 0 heterocycles. The fourth-order valence-corrected chi connectivity index (χ4v) is 2.95. The average molecular weight is 398 g/mol. The Balaban J connectivity index is 1.74. The first-order valence-corrected chi connectivity index (χ1v) is 8.91. The number of nitro groups is 1. The maximum absolute atomic E-state index is 12.0. The molecule has 0 unspecified atom stereocenters. The Kier molecular flexibility index (Phi) is 7.54. The summed E-state index contributed by atoms with van der Waals surface area (Å²) >= 11 is 5.68. The lowest BCUT2D eigenvalue weighted by Crippen LogP contribution is -2.39. The molecule has 0 aliphatic heterocycles. The van der Waals surface area contributed by atoms with Crippen molar-refractivity contribution in [2.24, 2.45) is 0 Å². The van der Waals surface area contributed by atoms with Crippen LogP contribution in [0.5, 0.6) is 0 Å². The van der Waals surface area contributed by atoms with Gasteiger partial charge in [0.1, 0.15) is 11.6 Å². The second-order valence-corrected chi connectivity index (χ2v) is 6.58. The maximum atomic E-state index is 12.0. The molecule has 1 saturated carbocycles. The lowest BCUT2D eigenvalue weighted by atomic mass is 9.95. The molecule has 1 aliphatic carbocycles. The van der Waals surface area contributed by atoms with Crippen LogP contribution in [-0.4, -0.2) is 41.9 Å². The number of carbonyl (C=O) groups is 3. The van der Waals surface area contributed by atoms with Gasteiger partial charge in [-0.1, -0.05) is 30.9 Å². The van der Waals surface area contributed by atoms with E-state index in [1.807, 2.05) is 0 Å². The van der Waals surface area contributed by atoms with Crippen molar-refractivity contribution in [1.82, 2.24) is 10.6 Å². The number of carbonyl (C=O) groups excluding carboxylic acids is 3. The van der Waals surface area contributed by atoms with Crippen LogP contribution in [0.4, 0.5) is 5.69 Å². The van der Waals surface area contributed by atoms with Crippen LogP contribution in [0.15, 0.2) is 18.2 Å². The molecule has 0 saturated heterocycles. The normalized spacial score (nSPS) is 14.3. The highest BCUT2D eigenvalue weighted by Crippen LogP contribution is 2.24. The molecule has 146 valence electrons. The fourth-order valence-electron chi connectivity index (χ4n) is 2.76. The molecule has 1 aliphatic rings. The standard InChI is InChI=1S/C17H20ClN3O6/c18-13-7-6-11(8-14(13)21(25)26)17(24)19-9-16(23)27-10-15(22)20-12-4-2-1-3-5-12/h6-8,12H,1-5,9-10H2,(H,19,24)(H,20,22). The van der Waals surface area contributed by atoms with Gasteiger partial charge in [-0.25, -0.2) is 0 Å². The summed E-state index contributed by atoms with van der Waals surface area (Å²) in [5.74, 6) is -1.86. The molecule has 2 amide bonds. The minimum absolute atomic E-state index is 0.0195. The first-order valence-electron chi connectivity index (χ1n) is 8.54. The van der Waals surface area contributed by atoms with Gasteiger partial charge in [0.25, 0.3) is 17.5 Å². The monoisotopic (exact) mass is 397 g/mol. The van der Waals surface area contributed by atoms with Crippen molar-refractivity contribution in [3.63, 3.8) is 0 Å². The van der Waals surface area contributed by atoms with E-state index in [0.717, 1.165) is 38.2 Å². The second-order valence-electron chi connectivity index (χ2n) is 6.17. The number of ether oxygens (including phenoxy) is 1. The number of esters is 1. The molecule has 0 radical (unpaired) electrons. The lowest BCUT2D eigenvalue weighted by Gasteiger charge is -2.22. The largest absolute Gasteiger partial charge is 0.454 e. The molecule has 0 atom stereocenters. The zero-order chi connectivity index (χ0) is 19.8. The summed E-state index contributed by atoms with van der Waals surface area (Å²) in [5.41, 5.74) is -0.430. The Morgan fingerprint density at radius 2 is 1.93 bits per heavy atom. The van der Waals surface area contributed by atoms with Crippen LogP contribution in [-0.2, 0) is 14.3 Å². The van der Waals surface area contributed by atoms with E-state index in [9.17, 15) is 24.5 Å². The molecule has 0 aromatic heterocycles. The average Bonchev–Trinajstić information content (AvgIpc) is 2.65. The van der Waals surface area contributed by atoms with E-state index < -0.39 is 35.6 Å². The molecule has 27 heavy (non-hydrogen) atoms. The van der Waals surface area contributed by atoms with Crippen LogP contribution in [0.1, 0.15) is 42.5 Å². The van der Waals surface area contributed by atoms with Gasteiger partial charge < -0.3 is 15.4 Å². The molecule has 1 fully saturated rings. The van der Waals surface area contributed by atoms with E-state index in [4.69, 9.17) is 16.3 Å². The fraction of sp³-hybridized carbons (Fsp3) is 0.471. The van der Waals surface area contributed by atoms with Gasteiger partial charge in [-0.3, -0.25) is 24.5 Å². The highest BCUT2D eigenvalue weighted by atomic mass is 35.5. The number of rotatable bonds is 7. The molecule has 1 aromatic rings. The Morgan fingerprint density at radius 1 is 1.22 bits per heavy atom. The van der Waals surface area contributed by atoms with Gasteiger partial charge in [0, 0.05) is 17.7 Å². The van der Waals surface area contributed by atoms with E-state index in [1.54, 1.807) is 0 Å². The lowest BCUT2D eigenvalue weighted by molar-refractivity contribution is -0.384. The number of nitrogens with one attached hydrogen (secondary N) is 2. The van der Waals surface area contributed by atoms with Gasteiger partial charge in [0.05, 0.1) is 4.92 Å². The summed E-state index contributed by atoms with van der Waals surface area (Å²) in [6.45, 7) is -0.885. The Labute approximate surface area is 160 Å². The third-order valence-electron chi connectivity index (χ3n) is 4.13. The predicted molar refractivity (Wildman–Crippen MR) is 96.4 cm³/mol. The van der Waals surface area contributed by atoms with Crippen molar-refractivity contribution in [2.75, 3.05) is 13.2 Å². The first-order chi connectivity index (χ1) is 12.9. The number of nitro benzene ring substituents is 1. The van der Waals surface area contributed by atoms with Crippen molar-refractivity contribution in [1.29, 1.82) is 0 Å². The zero-order valence-corrected chi connectivity index (χ0v) is 15.3. The van der Waals surface area contributed by atoms with Crippen LogP contribution in [0.2, 0.25) is 5.02 Å². The molecule has 0 bridgehead atoms. The molecular weight excluding hydrogens is 378 g/mol. The van der Waals surface area contributed by atoms with E-state index >= 15 is 0 Å². The Bertz CT molecular complexity index is 733. The van der Waals surface area contributed by atoms with E-state index in [0.29, 0.717) is 0 Å². The van der Waals surface area contributed by atoms with Crippen LogP contribution in [0.3, 0.4) is 0 Å². The van der Waals surface area contributed by atoms with Crippen molar-refractivity contribution in [3.8, 4) is 0 Å². The predicted octanol–water partition coefficient (Wildman–Crippen LogP) is 1.97.